The summed E-state index contributed by atoms with van der Waals surface area (Å²) in [4.78, 5) is 0.794. The van der Waals surface area contributed by atoms with Crippen molar-refractivity contribution in [3.05, 3.63) is 102 Å². The third-order valence-corrected chi connectivity index (χ3v) is 13.1. The third kappa shape index (κ3) is 9.31. The van der Waals surface area contributed by atoms with E-state index in [0.717, 1.165) is 29.8 Å². The second kappa shape index (κ2) is 13.6. The predicted molar refractivity (Wildman–Crippen MR) is 159 cm³/mol. The van der Waals surface area contributed by atoms with E-state index in [1.165, 1.54) is 11.1 Å². The van der Waals surface area contributed by atoms with E-state index in [1.807, 2.05) is 43.3 Å². The van der Waals surface area contributed by atoms with Crippen molar-refractivity contribution in [1.29, 1.82) is 0 Å². The molecule has 37 heavy (non-hydrogen) atoms. The lowest BCUT2D eigenvalue weighted by atomic mass is 10.0. The minimum atomic E-state index is -1.96. The Morgan fingerprint density at radius 1 is 0.838 bits per heavy atom. The van der Waals surface area contributed by atoms with Crippen LogP contribution in [-0.2, 0) is 28.4 Å². The Kier molecular flexibility index (Phi) is 10.9. The summed E-state index contributed by atoms with van der Waals surface area (Å²) in [5, 5.41) is 3.88. The first-order chi connectivity index (χ1) is 17.5. The van der Waals surface area contributed by atoms with E-state index in [2.05, 4.69) is 92.4 Å². The van der Waals surface area contributed by atoms with Gasteiger partial charge in [-0.1, -0.05) is 99.1 Å². The highest BCUT2D eigenvalue weighted by molar-refractivity contribution is 7.83. The number of nitrogens with one attached hydrogen (secondary N) is 2. The van der Waals surface area contributed by atoms with Crippen LogP contribution >= 0.6 is 0 Å². The minimum absolute atomic E-state index is 0.00700. The number of hydrogen-bond donors (Lipinski definition) is 2. The van der Waals surface area contributed by atoms with Crippen LogP contribution in [0.3, 0.4) is 0 Å². The maximum Gasteiger partial charge on any atom is 0.192 e. The Labute approximate surface area is 228 Å². The molecule has 0 aromatic heterocycles. The summed E-state index contributed by atoms with van der Waals surface area (Å²) in [6.45, 7) is 14.7. The molecular formula is C31H44N2O2SSi. The summed E-state index contributed by atoms with van der Waals surface area (Å²) in [7, 11) is -3.29. The molecule has 0 aliphatic carbocycles. The van der Waals surface area contributed by atoms with Crippen LogP contribution in [0, 0.1) is 6.92 Å². The Hall–Kier alpha value is -2.09. The zero-order chi connectivity index (χ0) is 26.9. The number of aryl methyl sites for hydroxylation is 2. The van der Waals surface area contributed by atoms with E-state index in [4.69, 9.17) is 4.43 Å². The molecule has 200 valence electrons. The highest BCUT2D eigenvalue weighted by Gasteiger charge is 2.38. The lowest BCUT2D eigenvalue weighted by molar-refractivity contribution is 0.215. The summed E-state index contributed by atoms with van der Waals surface area (Å²) in [5.74, 6) is 0. The zero-order valence-corrected chi connectivity index (χ0v) is 25.1. The van der Waals surface area contributed by atoms with Gasteiger partial charge in [-0.05, 0) is 61.2 Å². The van der Waals surface area contributed by atoms with Crippen LogP contribution in [0.15, 0.2) is 89.8 Å². The second-order valence-corrected chi connectivity index (χ2v) is 17.4. The average Bonchev–Trinajstić information content (AvgIpc) is 2.87. The maximum atomic E-state index is 13.5. The van der Waals surface area contributed by atoms with Gasteiger partial charge in [-0.2, -0.15) is 0 Å². The molecule has 0 saturated heterocycles. The van der Waals surface area contributed by atoms with Crippen LogP contribution in [0.25, 0.3) is 0 Å². The van der Waals surface area contributed by atoms with Crippen LogP contribution in [0.2, 0.25) is 18.1 Å². The molecule has 0 amide bonds. The van der Waals surface area contributed by atoms with Gasteiger partial charge in [0.15, 0.2) is 8.32 Å². The molecule has 0 saturated carbocycles. The predicted octanol–water partition coefficient (Wildman–Crippen LogP) is 6.79. The molecular weight excluding hydrogens is 493 g/mol. The van der Waals surface area contributed by atoms with Crippen LogP contribution in [0.5, 0.6) is 0 Å². The number of hydrogen-bond acceptors (Lipinski definition) is 3. The normalized spacial score (nSPS) is 14.8. The average molecular weight is 537 g/mol. The van der Waals surface area contributed by atoms with Gasteiger partial charge in [0.1, 0.15) is 11.0 Å². The molecule has 6 heteroatoms. The number of rotatable bonds is 13. The van der Waals surface area contributed by atoms with Crippen molar-refractivity contribution >= 4 is 19.3 Å². The van der Waals surface area contributed by atoms with Crippen LogP contribution < -0.4 is 10.0 Å². The molecule has 0 aliphatic heterocycles. The Balaban J connectivity index is 1.84. The third-order valence-electron chi connectivity index (χ3n) is 7.41. The van der Waals surface area contributed by atoms with E-state index in [0.29, 0.717) is 6.61 Å². The van der Waals surface area contributed by atoms with E-state index < -0.39 is 19.3 Å². The van der Waals surface area contributed by atoms with Gasteiger partial charge in [0.2, 0.25) is 0 Å². The second-order valence-electron chi connectivity index (χ2n) is 11.4. The van der Waals surface area contributed by atoms with Crippen molar-refractivity contribution in [3.63, 3.8) is 0 Å². The van der Waals surface area contributed by atoms with E-state index in [9.17, 15) is 4.21 Å². The molecule has 0 bridgehead atoms. The van der Waals surface area contributed by atoms with E-state index >= 15 is 0 Å². The molecule has 3 aromatic rings. The minimum Gasteiger partial charge on any atom is -0.415 e. The Morgan fingerprint density at radius 2 is 1.41 bits per heavy atom. The first-order valence-corrected chi connectivity index (χ1v) is 17.3. The molecule has 0 aliphatic rings. The SMILES string of the molecule is Cc1ccc([S@](=O)N[C@H](CCc2ccccc2)[C@@H](CO[Si](C)(C)C(C)(C)C)NCc2ccccc2)cc1. The van der Waals surface area contributed by atoms with Gasteiger partial charge in [0.05, 0.1) is 11.5 Å². The van der Waals surface area contributed by atoms with Crippen molar-refractivity contribution in [2.24, 2.45) is 0 Å². The van der Waals surface area contributed by atoms with Crippen LogP contribution in [0.1, 0.15) is 43.9 Å². The van der Waals surface area contributed by atoms with Gasteiger partial charge in [-0.25, -0.2) is 8.93 Å². The zero-order valence-electron chi connectivity index (χ0n) is 23.3. The smallest absolute Gasteiger partial charge is 0.192 e. The van der Waals surface area contributed by atoms with Crippen molar-refractivity contribution in [2.75, 3.05) is 6.61 Å². The lowest BCUT2D eigenvalue weighted by Gasteiger charge is -2.39. The fourth-order valence-corrected chi connectivity index (χ4v) is 5.96. The van der Waals surface area contributed by atoms with Gasteiger partial charge < -0.3 is 9.74 Å². The summed E-state index contributed by atoms with van der Waals surface area (Å²) < 4.78 is 23.7. The molecule has 0 fully saturated rings. The van der Waals surface area contributed by atoms with Crippen molar-refractivity contribution in [3.8, 4) is 0 Å². The van der Waals surface area contributed by atoms with Gasteiger partial charge in [0.25, 0.3) is 0 Å². The molecule has 2 N–H and O–H groups in total. The van der Waals surface area contributed by atoms with Gasteiger partial charge in [0, 0.05) is 18.6 Å². The summed E-state index contributed by atoms with van der Waals surface area (Å²) in [6, 6.07) is 28.8. The summed E-state index contributed by atoms with van der Waals surface area (Å²) in [6.07, 6.45) is 1.74. The van der Waals surface area contributed by atoms with Gasteiger partial charge >= 0.3 is 0 Å². The lowest BCUT2D eigenvalue weighted by Crippen LogP contribution is -2.53. The maximum absolute atomic E-state index is 13.5. The first-order valence-electron chi connectivity index (χ1n) is 13.2. The molecule has 0 radical (unpaired) electrons. The molecule has 0 heterocycles. The van der Waals surface area contributed by atoms with Crippen molar-refractivity contribution < 1.29 is 8.63 Å². The van der Waals surface area contributed by atoms with Gasteiger partial charge in [-0.3, -0.25) is 0 Å². The van der Waals surface area contributed by atoms with Crippen LogP contribution in [-0.4, -0.2) is 31.2 Å². The summed E-state index contributed by atoms with van der Waals surface area (Å²) in [5.41, 5.74) is 3.66. The highest BCUT2D eigenvalue weighted by Crippen LogP contribution is 2.36. The molecule has 3 atom stereocenters. The first kappa shape index (κ1) is 29.5. The molecule has 0 spiro atoms. The Bertz CT molecular complexity index is 1100. The fraction of sp³-hybridized carbons (Fsp3) is 0.419. The quantitative estimate of drug-likeness (QED) is 0.237. The molecule has 0 unspecified atom stereocenters. The summed E-state index contributed by atoms with van der Waals surface area (Å²) >= 11 is 0. The van der Waals surface area contributed by atoms with Gasteiger partial charge in [-0.15, -0.1) is 0 Å². The molecule has 3 aromatic carbocycles. The van der Waals surface area contributed by atoms with Crippen molar-refractivity contribution in [1.82, 2.24) is 10.0 Å². The van der Waals surface area contributed by atoms with E-state index in [1.54, 1.807) is 0 Å². The number of benzene rings is 3. The van der Waals surface area contributed by atoms with Crippen LogP contribution in [0.4, 0.5) is 0 Å². The van der Waals surface area contributed by atoms with E-state index in [-0.39, 0.29) is 17.1 Å². The highest BCUT2D eigenvalue weighted by atomic mass is 32.2. The molecule has 3 rings (SSSR count). The fourth-order valence-electron chi connectivity index (χ4n) is 3.85. The monoisotopic (exact) mass is 536 g/mol. The molecule has 4 nitrogen and oxygen atoms in total. The van der Waals surface area contributed by atoms with Crippen molar-refractivity contribution in [2.45, 2.75) is 82.2 Å². The standard InChI is InChI=1S/C31H44N2O2SSi/c1-25-17-20-28(21-18-25)36(34)33-29(22-19-26-13-9-7-10-14-26)30(24-35-37(5,6)31(2,3)4)32-23-27-15-11-8-12-16-27/h7-18,20-21,29-30,32-33H,19,22-24H2,1-6H3/t29-,30-,36+/m1/s1. The topological polar surface area (TPSA) is 50.4 Å². The Morgan fingerprint density at radius 3 is 1.97 bits per heavy atom. The largest absolute Gasteiger partial charge is 0.415 e.